The summed E-state index contributed by atoms with van der Waals surface area (Å²) in [4.78, 5) is 12.1. The van der Waals surface area contributed by atoms with Gasteiger partial charge in [-0.3, -0.25) is 4.79 Å². The summed E-state index contributed by atoms with van der Waals surface area (Å²) in [6.45, 7) is 1.81. The van der Waals surface area contributed by atoms with E-state index < -0.39 is 5.82 Å². The van der Waals surface area contributed by atoms with Crippen molar-refractivity contribution in [2.75, 3.05) is 5.32 Å². The minimum Gasteiger partial charge on any atom is -0.319 e. The number of nitrogens with one attached hydrogen (secondary N) is 1. The standard InChI is InChI=1S/C14H10BrClFNO/c1-8-10(3-2-4-11(8)15)14(19)18-13-7-9(16)5-6-12(13)17/h2-7H,1H3,(H,18,19). The van der Waals surface area contributed by atoms with Crippen molar-refractivity contribution in [2.45, 2.75) is 6.92 Å². The Morgan fingerprint density at radius 2 is 2.05 bits per heavy atom. The Bertz CT molecular complexity index is 645. The van der Waals surface area contributed by atoms with E-state index in [1.807, 2.05) is 13.0 Å². The van der Waals surface area contributed by atoms with Crippen LogP contribution in [0.4, 0.5) is 10.1 Å². The van der Waals surface area contributed by atoms with E-state index in [0.717, 1.165) is 10.0 Å². The molecule has 0 saturated heterocycles. The van der Waals surface area contributed by atoms with Crippen LogP contribution in [0, 0.1) is 12.7 Å². The zero-order valence-electron chi connectivity index (χ0n) is 10.0. The molecule has 1 amide bonds. The van der Waals surface area contributed by atoms with Crippen molar-refractivity contribution in [2.24, 2.45) is 0 Å². The molecule has 0 saturated carbocycles. The highest BCUT2D eigenvalue weighted by molar-refractivity contribution is 9.10. The number of amides is 1. The quantitative estimate of drug-likeness (QED) is 0.834. The van der Waals surface area contributed by atoms with Crippen LogP contribution < -0.4 is 5.32 Å². The van der Waals surface area contributed by atoms with Crippen molar-refractivity contribution in [3.05, 3.63) is 62.8 Å². The Balaban J connectivity index is 2.31. The molecular weight excluding hydrogens is 333 g/mol. The van der Waals surface area contributed by atoms with Gasteiger partial charge in [-0.05, 0) is 42.8 Å². The molecule has 19 heavy (non-hydrogen) atoms. The van der Waals surface area contributed by atoms with Gasteiger partial charge in [-0.1, -0.05) is 33.6 Å². The van der Waals surface area contributed by atoms with Crippen LogP contribution in [0.15, 0.2) is 40.9 Å². The second kappa shape index (κ2) is 5.72. The number of hydrogen-bond donors (Lipinski definition) is 1. The molecule has 0 fully saturated rings. The monoisotopic (exact) mass is 341 g/mol. The van der Waals surface area contributed by atoms with Crippen LogP contribution in [0.1, 0.15) is 15.9 Å². The summed E-state index contributed by atoms with van der Waals surface area (Å²) in [5, 5.41) is 2.88. The Kier molecular flexibility index (Phi) is 4.22. The molecule has 0 aliphatic carbocycles. The summed E-state index contributed by atoms with van der Waals surface area (Å²) in [5.74, 6) is -0.898. The molecule has 0 heterocycles. The molecule has 2 nitrogen and oxygen atoms in total. The summed E-state index contributed by atoms with van der Waals surface area (Å²) < 4.78 is 14.4. The lowest BCUT2D eigenvalue weighted by molar-refractivity contribution is 0.102. The van der Waals surface area contributed by atoms with Gasteiger partial charge in [0.05, 0.1) is 5.69 Å². The molecule has 0 aliphatic rings. The van der Waals surface area contributed by atoms with Crippen molar-refractivity contribution < 1.29 is 9.18 Å². The zero-order chi connectivity index (χ0) is 14.0. The Hall–Kier alpha value is -1.39. The molecule has 2 rings (SSSR count). The molecule has 0 spiro atoms. The van der Waals surface area contributed by atoms with Crippen LogP contribution in [-0.4, -0.2) is 5.91 Å². The van der Waals surface area contributed by atoms with Gasteiger partial charge in [0.1, 0.15) is 5.82 Å². The molecule has 0 aromatic heterocycles. The van der Waals surface area contributed by atoms with Crippen molar-refractivity contribution in [1.29, 1.82) is 0 Å². The van der Waals surface area contributed by atoms with Gasteiger partial charge in [0.25, 0.3) is 5.91 Å². The minimum atomic E-state index is -0.523. The largest absolute Gasteiger partial charge is 0.319 e. The first-order valence-electron chi connectivity index (χ1n) is 5.50. The maximum Gasteiger partial charge on any atom is 0.256 e. The van der Waals surface area contributed by atoms with Gasteiger partial charge in [-0.25, -0.2) is 4.39 Å². The number of hydrogen-bond acceptors (Lipinski definition) is 1. The summed E-state index contributed by atoms with van der Waals surface area (Å²) in [5.41, 5.74) is 1.34. The third-order valence-corrected chi connectivity index (χ3v) is 3.78. The van der Waals surface area contributed by atoms with Gasteiger partial charge in [0.2, 0.25) is 0 Å². The molecule has 0 unspecified atom stereocenters. The highest BCUT2D eigenvalue weighted by Crippen LogP contribution is 2.23. The van der Waals surface area contributed by atoms with Gasteiger partial charge in [0, 0.05) is 15.1 Å². The predicted octanol–water partition coefficient (Wildman–Crippen LogP) is 4.80. The topological polar surface area (TPSA) is 29.1 Å². The lowest BCUT2D eigenvalue weighted by Gasteiger charge is -2.09. The molecule has 0 radical (unpaired) electrons. The van der Waals surface area contributed by atoms with Gasteiger partial charge < -0.3 is 5.32 Å². The second-order valence-electron chi connectivity index (χ2n) is 3.99. The summed E-state index contributed by atoms with van der Waals surface area (Å²) in [6.07, 6.45) is 0. The SMILES string of the molecule is Cc1c(Br)cccc1C(=O)Nc1cc(Cl)ccc1F. The van der Waals surface area contributed by atoms with Gasteiger partial charge in [-0.2, -0.15) is 0 Å². The average Bonchev–Trinajstić information content (AvgIpc) is 2.37. The number of carbonyl (C=O) groups excluding carboxylic acids is 1. The predicted molar refractivity (Wildman–Crippen MR) is 78.2 cm³/mol. The maximum absolute atomic E-state index is 13.5. The molecule has 98 valence electrons. The molecule has 2 aromatic rings. The van der Waals surface area contributed by atoms with Gasteiger partial charge in [0.15, 0.2) is 0 Å². The van der Waals surface area contributed by atoms with Crippen LogP contribution in [0.3, 0.4) is 0 Å². The van der Waals surface area contributed by atoms with Crippen molar-refractivity contribution in [3.63, 3.8) is 0 Å². The van der Waals surface area contributed by atoms with Crippen LogP contribution in [0.25, 0.3) is 0 Å². The van der Waals surface area contributed by atoms with E-state index in [9.17, 15) is 9.18 Å². The highest BCUT2D eigenvalue weighted by Gasteiger charge is 2.13. The third kappa shape index (κ3) is 3.14. The summed E-state index contributed by atoms with van der Waals surface area (Å²) in [7, 11) is 0. The molecular formula is C14H10BrClFNO. The Labute approximate surface area is 123 Å². The van der Waals surface area contributed by atoms with Crippen LogP contribution in [0.2, 0.25) is 5.02 Å². The normalized spacial score (nSPS) is 10.3. The maximum atomic E-state index is 13.5. The molecule has 5 heteroatoms. The van der Waals surface area contributed by atoms with Crippen molar-refractivity contribution in [1.82, 2.24) is 0 Å². The lowest BCUT2D eigenvalue weighted by Crippen LogP contribution is -2.14. The molecule has 2 aromatic carbocycles. The molecule has 0 bridgehead atoms. The van der Waals surface area contributed by atoms with E-state index in [1.165, 1.54) is 18.2 Å². The van der Waals surface area contributed by atoms with Crippen molar-refractivity contribution >= 4 is 39.1 Å². The number of benzene rings is 2. The lowest BCUT2D eigenvalue weighted by atomic mass is 10.1. The first kappa shape index (κ1) is 14.0. The third-order valence-electron chi connectivity index (χ3n) is 2.69. The molecule has 0 atom stereocenters. The van der Waals surface area contributed by atoms with E-state index in [2.05, 4.69) is 21.2 Å². The summed E-state index contributed by atoms with van der Waals surface area (Å²) >= 11 is 9.13. The molecule has 0 aliphatic heterocycles. The average molecular weight is 343 g/mol. The van der Waals surface area contributed by atoms with E-state index >= 15 is 0 Å². The summed E-state index contributed by atoms with van der Waals surface area (Å²) in [6, 6.07) is 9.29. The van der Waals surface area contributed by atoms with Crippen LogP contribution in [-0.2, 0) is 0 Å². The van der Waals surface area contributed by atoms with Gasteiger partial charge in [-0.15, -0.1) is 0 Å². The fourth-order valence-corrected chi connectivity index (χ4v) is 2.17. The fourth-order valence-electron chi connectivity index (χ4n) is 1.64. The van der Waals surface area contributed by atoms with Crippen LogP contribution >= 0.6 is 27.5 Å². The van der Waals surface area contributed by atoms with E-state index in [1.54, 1.807) is 12.1 Å². The van der Waals surface area contributed by atoms with E-state index in [0.29, 0.717) is 10.6 Å². The minimum absolute atomic E-state index is 0.0666. The fraction of sp³-hybridized carbons (Fsp3) is 0.0714. The number of halogens is 3. The number of rotatable bonds is 2. The van der Waals surface area contributed by atoms with E-state index in [4.69, 9.17) is 11.6 Å². The first-order valence-corrected chi connectivity index (χ1v) is 6.67. The Morgan fingerprint density at radius 3 is 2.79 bits per heavy atom. The smallest absolute Gasteiger partial charge is 0.256 e. The first-order chi connectivity index (χ1) is 8.99. The number of carbonyl (C=O) groups is 1. The highest BCUT2D eigenvalue weighted by atomic mass is 79.9. The van der Waals surface area contributed by atoms with Crippen LogP contribution in [0.5, 0.6) is 0 Å². The van der Waals surface area contributed by atoms with Crippen molar-refractivity contribution in [3.8, 4) is 0 Å². The van der Waals surface area contributed by atoms with E-state index in [-0.39, 0.29) is 11.6 Å². The number of anilines is 1. The van der Waals surface area contributed by atoms with Gasteiger partial charge >= 0.3 is 0 Å². The second-order valence-corrected chi connectivity index (χ2v) is 5.28. The molecule has 1 N–H and O–H groups in total. The Morgan fingerprint density at radius 1 is 1.32 bits per heavy atom. The zero-order valence-corrected chi connectivity index (χ0v) is 12.3.